The van der Waals surface area contributed by atoms with Gasteiger partial charge >= 0.3 is 5.97 Å². The third-order valence-corrected chi connectivity index (χ3v) is 1.91. The molecule has 0 radical (unpaired) electrons. The summed E-state index contributed by atoms with van der Waals surface area (Å²) >= 11 is 0. The first-order valence-electron chi connectivity index (χ1n) is 3.86. The molecular formula is C8H17NO3. The van der Waals surface area contributed by atoms with Crippen molar-refractivity contribution < 1.29 is 14.6 Å². The second kappa shape index (κ2) is 4.42. The largest absolute Gasteiger partial charge is 0.481 e. The van der Waals surface area contributed by atoms with Crippen molar-refractivity contribution in [3.05, 3.63) is 0 Å². The monoisotopic (exact) mass is 175 g/mol. The summed E-state index contributed by atoms with van der Waals surface area (Å²) < 4.78 is 4.94. The molecule has 0 amide bonds. The molecule has 72 valence electrons. The van der Waals surface area contributed by atoms with Gasteiger partial charge in [0.25, 0.3) is 0 Å². The Kier molecular flexibility index (Phi) is 4.20. The summed E-state index contributed by atoms with van der Waals surface area (Å²) in [5, 5.41) is 8.49. The molecule has 0 aromatic carbocycles. The number of rotatable bonds is 5. The van der Waals surface area contributed by atoms with Gasteiger partial charge in [0.05, 0.1) is 13.0 Å². The Hall–Kier alpha value is -0.610. The topological polar surface area (TPSA) is 72.5 Å². The highest BCUT2D eigenvalue weighted by molar-refractivity contribution is 5.67. The van der Waals surface area contributed by atoms with E-state index in [1.165, 1.54) is 0 Å². The maximum Gasteiger partial charge on any atom is 0.304 e. The molecule has 0 spiro atoms. The predicted octanol–water partition coefficient (Wildman–Crippen LogP) is 0.461. The second-order valence-electron chi connectivity index (χ2n) is 3.63. The molecule has 0 fully saturated rings. The SMILES string of the molecule is COCC(C)(C)C(N)CC(=O)O. The van der Waals surface area contributed by atoms with Crippen molar-refractivity contribution in [3.8, 4) is 0 Å². The van der Waals surface area contributed by atoms with Gasteiger partial charge in [-0.1, -0.05) is 13.8 Å². The van der Waals surface area contributed by atoms with Crippen LogP contribution < -0.4 is 5.73 Å². The summed E-state index contributed by atoms with van der Waals surface area (Å²) in [6.07, 6.45) is -0.0175. The molecule has 0 saturated carbocycles. The highest BCUT2D eigenvalue weighted by atomic mass is 16.5. The van der Waals surface area contributed by atoms with E-state index in [0.29, 0.717) is 6.61 Å². The predicted molar refractivity (Wildman–Crippen MR) is 45.9 cm³/mol. The molecule has 4 heteroatoms. The highest BCUT2D eigenvalue weighted by Gasteiger charge is 2.27. The van der Waals surface area contributed by atoms with E-state index in [1.54, 1.807) is 7.11 Å². The van der Waals surface area contributed by atoms with E-state index in [1.807, 2.05) is 13.8 Å². The van der Waals surface area contributed by atoms with Crippen molar-refractivity contribution in [1.82, 2.24) is 0 Å². The fourth-order valence-corrected chi connectivity index (χ4v) is 0.943. The maximum absolute atomic E-state index is 10.3. The molecule has 4 nitrogen and oxygen atoms in total. The van der Waals surface area contributed by atoms with Gasteiger partial charge in [-0.25, -0.2) is 0 Å². The molecule has 0 aromatic rings. The van der Waals surface area contributed by atoms with E-state index < -0.39 is 5.97 Å². The van der Waals surface area contributed by atoms with Crippen LogP contribution >= 0.6 is 0 Å². The molecule has 1 atom stereocenters. The molecule has 3 N–H and O–H groups in total. The summed E-state index contributed by atoms with van der Waals surface area (Å²) in [7, 11) is 1.58. The third kappa shape index (κ3) is 3.69. The van der Waals surface area contributed by atoms with Gasteiger partial charge in [-0.05, 0) is 0 Å². The number of carboxylic acids is 1. The molecule has 0 aromatic heterocycles. The van der Waals surface area contributed by atoms with Crippen LogP contribution in [-0.2, 0) is 9.53 Å². The van der Waals surface area contributed by atoms with E-state index >= 15 is 0 Å². The van der Waals surface area contributed by atoms with Gasteiger partial charge in [-0.2, -0.15) is 0 Å². The number of aliphatic carboxylic acids is 1. The van der Waals surface area contributed by atoms with Gasteiger partial charge in [0.15, 0.2) is 0 Å². The Labute approximate surface area is 72.7 Å². The van der Waals surface area contributed by atoms with Gasteiger partial charge in [-0.15, -0.1) is 0 Å². The smallest absolute Gasteiger partial charge is 0.304 e. The first-order chi connectivity index (χ1) is 5.40. The first-order valence-corrected chi connectivity index (χ1v) is 3.86. The average Bonchev–Trinajstić information content (AvgIpc) is 1.85. The van der Waals surface area contributed by atoms with E-state index in [0.717, 1.165) is 0 Å². The van der Waals surface area contributed by atoms with Crippen LogP contribution in [-0.4, -0.2) is 30.8 Å². The maximum atomic E-state index is 10.3. The van der Waals surface area contributed by atoms with Crippen LogP contribution in [0.5, 0.6) is 0 Å². The summed E-state index contributed by atoms with van der Waals surface area (Å²) in [5.41, 5.74) is 5.39. The molecule has 0 rings (SSSR count). The number of carbonyl (C=O) groups is 1. The van der Waals surface area contributed by atoms with Crippen molar-refractivity contribution in [2.24, 2.45) is 11.1 Å². The minimum Gasteiger partial charge on any atom is -0.481 e. The molecule has 0 aliphatic carbocycles. The number of hydrogen-bond donors (Lipinski definition) is 2. The first kappa shape index (κ1) is 11.4. The molecule has 12 heavy (non-hydrogen) atoms. The van der Waals surface area contributed by atoms with Gasteiger partial charge in [-0.3, -0.25) is 4.79 Å². The van der Waals surface area contributed by atoms with Crippen molar-refractivity contribution in [3.63, 3.8) is 0 Å². The number of methoxy groups -OCH3 is 1. The van der Waals surface area contributed by atoms with Crippen LogP contribution in [0, 0.1) is 5.41 Å². The van der Waals surface area contributed by atoms with Gasteiger partial charge in [0.1, 0.15) is 0 Å². The number of hydrogen-bond acceptors (Lipinski definition) is 3. The summed E-state index contributed by atoms with van der Waals surface area (Å²) in [6, 6.07) is -0.366. The summed E-state index contributed by atoms with van der Waals surface area (Å²) in [6.45, 7) is 4.26. The zero-order chi connectivity index (χ0) is 9.78. The Morgan fingerprint density at radius 2 is 2.17 bits per heavy atom. The molecule has 0 aliphatic rings. The van der Waals surface area contributed by atoms with Crippen LogP contribution in [0.4, 0.5) is 0 Å². The van der Waals surface area contributed by atoms with Crippen molar-refractivity contribution in [1.29, 1.82) is 0 Å². The Morgan fingerprint density at radius 1 is 1.67 bits per heavy atom. The van der Waals surface area contributed by atoms with Crippen LogP contribution in [0.15, 0.2) is 0 Å². The van der Waals surface area contributed by atoms with Gasteiger partial charge < -0.3 is 15.6 Å². The lowest BCUT2D eigenvalue weighted by Crippen LogP contribution is -2.41. The van der Waals surface area contributed by atoms with Crippen molar-refractivity contribution >= 4 is 5.97 Å². The molecule has 0 bridgehead atoms. The number of ether oxygens (including phenoxy) is 1. The third-order valence-electron chi connectivity index (χ3n) is 1.91. The fourth-order valence-electron chi connectivity index (χ4n) is 0.943. The van der Waals surface area contributed by atoms with E-state index in [-0.39, 0.29) is 17.9 Å². The van der Waals surface area contributed by atoms with Crippen LogP contribution in [0.1, 0.15) is 20.3 Å². The van der Waals surface area contributed by atoms with Gasteiger partial charge in [0.2, 0.25) is 0 Å². The lowest BCUT2D eigenvalue weighted by Gasteiger charge is -2.29. The lowest BCUT2D eigenvalue weighted by atomic mass is 9.84. The standard InChI is InChI=1S/C8H17NO3/c1-8(2,5-12-3)6(9)4-7(10)11/h6H,4-5,9H2,1-3H3,(H,10,11). The van der Waals surface area contributed by atoms with Crippen molar-refractivity contribution in [2.45, 2.75) is 26.3 Å². The van der Waals surface area contributed by atoms with Crippen LogP contribution in [0.2, 0.25) is 0 Å². The normalized spacial score (nSPS) is 14.3. The van der Waals surface area contributed by atoms with E-state index in [2.05, 4.69) is 0 Å². The number of nitrogens with two attached hydrogens (primary N) is 1. The molecule has 1 unspecified atom stereocenters. The Bertz CT molecular complexity index is 156. The molecular weight excluding hydrogens is 158 g/mol. The second-order valence-corrected chi connectivity index (χ2v) is 3.63. The van der Waals surface area contributed by atoms with Crippen LogP contribution in [0.25, 0.3) is 0 Å². The Morgan fingerprint density at radius 3 is 2.50 bits per heavy atom. The lowest BCUT2D eigenvalue weighted by molar-refractivity contribution is -0.138. The minimum absolute atomic E-state index is 0.0175. The zero-order valence-corrected chi connectivity index (χ0v) is 7.83. The summed E-state index contributed by atoms with van der Waals surface area (Å²) in [5.74, 6) is -0.869. The quantitative estimate of drug-likeness (QED) is 0.636. The molecule has 0 saturated heterocycles. The minimum atomic E-state index is -0.869. The van der Waals surface area contributed by atoms with Crippen molar-refractivity contribution in [2.75, 3.05) is 13.7 Å². The molecule has 0 heterocycles. The number of carboxylic acid groups (broad SMARTS) is 1. The summed E-state index contributed by atoms with van der Waals surface area (Å²) in [4.78, 5) is 10.3. The average molecular weight is 175 g/mol. The van der Waals surface area contributed by atoms with E-state index in [9.17, 15) is 4.79 Å². The molecule has 0 aliphatic heterocycles. The fraction of sp³-hybridized carbons (Fsp3) is 0.875. The highest BCUT2D eigenvalue weighted by Crippen LogP contribution is 2.21. The van der Waals surface area contributed by atoms with E-state index in [4.69, 9.17) is 15.6 Å². The zero-order valence-electron chi connectivity index (χ0n) is 7.83. The Balaban J connectivity index is 4.04. The van der Waals surface area contributed by atoms with Crippen LogP contribution in [0.3, 0.4) is 0 Å². The van der Waals surface area contributed by atoms with Gasteiger partial charge in [0, 0.05) is 18.6 Å².